The summed E-state index contributed by atoms with van der Waals surface area (Å²) in [6.07, 6.45) is 0.0529. The molecule has 0 unspecified atom stereocenters. The first-order chi connectivity index (χ1) is 15.6. The summed E-state index contributed by atoms with van der Waals surface area (Å²) in [7, 11) is -2.27. The van der Waals surface area contributed by atoms with E-state index in [1.807, 2.05) is 0 Å². The lowest BCUT2D eigenvalue weighted by Gasteiger charge is -2.33. The third kappa shape index (κ3) is 4.58. The average molecular weight is 534 g/mol. The van der Waals surface area contributed by atoms with E-state index in [0.717, 1.165) is 9.80 Å². The number of hydrogen-bond acceptors (Lipinski definition) is 5. The van der Waals surface area contributed by atoms with E-state index in [1.165, 1.54) is 35.7 Å². The number of quaternary nitrogens is 1. The van der Waals surface area contributed by atoms with Crippen molar-refractivity contribution in [2.75, 3.05) is 38.2 Å². The van der Waals surface area contributed by atoms with Gasteiger partial charge in [0.05, 0.1) is 65.4 Å². The van der Waals surface area contributed by atoms with Crippen molar-refractivity contribution in [3.63, 3.8) is 0 Å². The van der Waals surface area contributed by atoms with Crippen LogP contribution in [-0.2, 0) is 19.6 Å². The molecule has 2 fully saturated rings. The van der Waals surface area contributed by atoms with Crippen LogP contribution < -0.4 is 14.5 Å². The van der Waals surface area contributed by atoms with Gasteiger partial charge in [-0.3, -0.25) is 9.59 Å². The fraction of sp³-hybridized carbons (Fsp3) is 0.333. The third-order valence-corrected chi connectivity index (χ3v) is 8.86. The lowest BCUT2D eigenvalue weighted by molar-refractivity contribution is -0.918. The van der Waals surface area contributed by atoms with Crippen LogP contribution in [0, 0.1) is 0 Å². The summed E-state index contributed by atoms with van der Waals surface area (Å²) in [5.41, 5.74) is 0.388. The Morgan fingerprint density at radius 2 is 1.67 bits per heavy atom. The highest BCUT2D eigenvalue weighted by Gasteiger charge is 2.47. The van der Waals surface area contributed by atoms with Crippen LogP contribution in [0.25, 0.3) is 0 Å². The van der Waals surface area contributed by atoms with Crippen LogP contribution in [-0.4, -0.2) is 63.9 Å². The molecule has 176 valence electrons. The Hall–Kier alpha value is -1.88. The summed E-state index contributed by atoms with van der Waals surface area (Å²) < 4.78 is 32.4. The highest BCUT2D eigenvalue weighted by molar-refractivity contribution is 7.89. The summed E-state index contributed by atoms with van der Waals surface area (Å²) in [5, 5.41) is 0.736. The number of ether oxygens (including phenoxy) is 1. The van der Waals surface area contributed by atoms with Gasteiger partial charge in [-0.2, -0.15) is 4.31 Å². The van der Waals surface area contributed by atoms with Crippen molar-refractivity contribution >= 4 is 62.3 Å². The van der Waals surface area contributed by atoms with Gasteiger partial charge in [0, 0.05) is 0 Å². The topological polar surface area (TPSA) is 88.4 Å². The van der Waals surface area contributed by atoms with Crippen LogP contribution in [0.4, 0.5) is 5.69 Å². The Morgan fingerprint density at radius 3 is 2.27 bits per heavy atom. The fourth-order valence-corrected chi connectivity index (χ4v) is 6.25. The van der Waals surface area contributed by atoms with E-state index >= 15 is 0 Å². The van der Waals surface area contributed by atoms with Crippen molar-refractivity contribution in [1.29, 1.82) is 0 Å². The predicted octanol–water partition coefficient (Wildman–Crippen LogP) is 1.88. The van der Waals surface area contributed by atoms with Gasteiger partial charge < -0.3 is 9.64 Å². The first-order valence-corrected chi connectivity index (χ1v) is 12.7. The Labute approximate surface area is 206 Å². The van der Waals surface area contributed by atoms with E-state index in [4.69, 9.17) is 39.5 Å². The Kier molecular flexibility index (Phi) is 6.91. The first kappa shape index (κ1) is 24.3. The molecule has 33 heavy (non-hydrogen) atoms. The summed E-state index contributed by atoms with van der Waals surface area (Å²) >= 11 is 18.0. The van der Waals surface area contributed by atoms with E-state index in [9.17, 15) is 18.0 Å². The van der Waals surface area contributed by atoms with Crippen molar-refractivity contribution in [3.05, 3.63) is 51.5 Å². The van der Waals surface area contributed by atoms with Crippen molar-refractivity contribution in [2.24, 2.45) is 0 Å². The minimum atomic E-state index is -3.75. The number of methoxy groups -OCH3 is 1. The van der Waals surface area contributed by atoms with Crippen LogP contribution in [0.3, 0.4) is 0 Å². The molecule has 1 atom stereocenters. The molecule has 2 aromatic rings. The van der Waals surface area contributed by atoms with Crippen LogP contribution in [0.5, 0.6) is 5.75 Å². The molecule has 2 saturated heterocycles. The maximum atomic E-state index is 13.1. The molecule has 0 aliphatic carbocycles. The molecule has 0 aromatic heterocycles. The van der Waals surface area contributed by atoms with E-state index in [-0.39, 0.29) is 46.3 Å². The van der Waals surface area contributed by atoms with Gasteiger partial charge in [-0.05, 0) is 36.4 Å². The number of sulfonamides is 1. The van der Waals surface area contributed by atoms with Gasteiger partial charge in [0.25, 0.3) is 5.91 Å². The number of halogens is 3. The van der Waals surface area contributed by atoms with Crippen molar-refractivity contribution < 1.29 is 27.6 Å². The summed E-state index contributed by atoms with van der Waals surface area (Å²) in [5.74, 6) is -0.192. The van der Waals surface area contributed by atoms with Gasteiger partial charge in [-0.15, -0.1) is 0 Å². The number of anilines is 1. The van der Waals surface area contributed by atoms with Crippen molar-refractivity contribution in [1.82, 2.24) is 4.31 Å². The number of carbonyl (C=O) groups excluding carboxylic acids is 2. The van der Waals surface area contributed by atoms with Gasteiger partial charge in [-0.1, -0.05) is 34.8 Å². The van der Waals surface area contributed by atoms with Gasteiger partial charge in [0.2, 0.25) is 15.9 Å². The fourth-order valence-electron chi connectivity index (χ4n) is 4.17. The Morgan fingerprint density at radius 1 is 0.970 bits per heavy atom. The second-order valence-corrected chi connectivity index (χ2v) is 10.9. The number of carbonyl (C=O) groups is 2. The lowest BCUT2D eigenvalue weighted by atomic mass is 10.2. The number of rotatable bonds is 5. The molecule has 0 saturated carbocycles. The van der Waals surface area contributed by atoms with Crippen LogP contribution in [0.1, 0.15) is 6.42 Å². The van der Waals surface area contributed by atoms with Crippen LogP contribution in [0.2, 0.25) is 15.1 Å². The summed E-state index contributed by atoms with van der Waals surface area (Å²) in [6, 6.07) is 8.35. The Bertz CT molecular complexity index is 1220. The second-order valence-electron chi connectivity index (χ2n) is 7.78. The molecule has 2 aliphatic rings. The van der Waals surface area contributed by atoms with Gasteiger partial charge in [0.15, 0.2) is 6.04 Å². The molecule has 12 heteroatoms. The summed E-state index contributed by atoms with van der Waals surface area (Å²) in [6.45, 7) is 1.21. The van der Waals surface area contributed by atoms with Crippen LogP contribution in [0.15, 0.2) is 41.3 Å². The van der Waals surface area contributed by atoms with Gasteiger partial charge in [-0.25, -0.2) is 13.3 Å². The SMILES string of the molecule is COc1ccc(N2C(=O)C[C@@H]([NH+]3CCN(S(=O)(=O)c4ccc(Cl)c(Cl)c4)CC3)C2=O)cc1Cl. The largest absolute Gasteiger partial charge is 0.495 e. The molecule has 0 bridgehead atoms. The molecule has 2 aromatic carbocycles. The van der Waals surface area contributed by atoms with Crippen LogP contribution >= 0.6 is 34.8 Å². The molecular formula is C21H21Cl3N3O5S+. The molecule has 0 radical (unpaired) electrons. The number of imide groups is 1. The number of nitrogens with zero attached hydrogens (tertiary/aromatic N) is 2. The number of nitrogens with one attached hydrogen (secondary N) is 1. The molecule has 8 nitrogen and oxygen atoms in total. The molecule has 2 amide bonds. The Balaban J connectivity index is 1.46. The normalized spacial score (nSPS) is 20.5. The minimum absolute atomic E-state index is 0.0529. The number of hydrogen-bond donors (Lipinski definition) is 1. The zero-order valence-corrected chi connectivity index (χ0v) is 20.6. The molecular weight excluding hydrogens is 513 g/mol. The summed E-state index contributed by atoms with van der Waals surface area (Å²) in [4.78, 5) is 27.8. The highest BCUT2D eigenvalue weighted by Crippen LogP contribution is 2.31. The second kappa shape index (κ2) is 9.40. The number of piperazine rings is 1. The standard InChI is InChI=1S/C21H20Cl3N3O5S/c1-32-19-5-2-13(10-17(19)24)27-20(28)12-18(21(27)29)25-6-8-26(9-7-25)33(30,31)14-3-4-15(22)16(23)11-14/h2-5,10-11,18H,6-9,12H2,1H3/p+1/t18-/m1/s1. The molecule has 1 N–H and O–H groups in total. The van der Waals surface area contributed by atoms with E-state index in [2.05, 4.69) is 0 Å². The molecule has 2 aliphatic heterocycles. The first-order valence-electron chi connectivity index (χ1n) is 10.1. The minimum Gasteiger partial charge on any atom is -0.495 e. The zero-order chi connectivity index (χ0) is 23.9. The monoisotopic (exact) mass is 532 g/mol. The third-order valence-electron chi connectivity index (χ3n) is 5.93. The zero-order valence-electron chi connectivity index (χ0n) is 17.6. The average Bonchev–Trinajstić information content (AvgIpc) is 3.09. The predicted molar refractivity (Wildman–Crippen MR) is 125 cm³/mol. The lowest BCUT2D eigenvalue weighted by Crippen LogP contribution is -3.19. The molecule has 0 spiro atoms. The maximum absolute atomic E-state index is 13.1. The van der Waals surface area contributed by atoms with Crippen molar-refractivity contribution in [2.45, 2.75) is 17.4 Å². The van der Waals surface area contributed by atoms with Gasteiger partial charge >= 0.3 is 0 Å². The van der Waals surface area contributed by atoms with E-state index < -0.39 is 16.1 Å². The van der Waals surface area contributed by atoms with Gasteiger partial charge in [0.1, 0.15) is 5.75 Å². The van der Waals surface area contributed by atoms with E-state index in [1.54, 1.807) is 12.1 Å². The number of amides is 2. The highest BCUT2D eigenvalue weighted by atomic mass is 35.5. The maximum Gasteiger partial charge on any atom is 0.292 e. The van der Waals surface area contributed by atoms with E-state index in [0.29, 0.717) is 29.5 Å². The number of benzene rings is 2. The molecule has 4 rings (SSSR count). The molecule has 2 heterocycles. The smallest absolute Gasteiger partial charge is 0.292 e. The van der Waals surface area contributed by atoms with Crippen molar-refractivity contribution in [3.8, 4) is 5.75 Å². The quantitative estimate of drug-likeness (QED) is 0.593.